The van der Waals surface area contributed by atoms with E-state index >= 15 is 0 Å². The summed E-state index contributed by atoms with van der Waals surface area (Å²) in [7, 11) is 0. The molecule has 0 aliphatic heterocycles. The number of rotatable bonds is 4. The van der Waals surface area contributed by atoms with E-state index in [9.17, 15) is 4.79 Å². The second kappa shape index (κ2) is 5.35. The van der Waals surface area contributed by atoms with E-state index in [4.69, 9.17) is 5.11 Å². The molecule has 2 N–H and O–H groups in total. The minimum Gasteiger partial charge on any atom is -0.465 e. The lowest BCUT2D eigenvalue weighted by Crippen LogP contribution is -2.28. The first-order valence-corrected chi connectivity index (χ1v) is 5.74. The Hall–Kier alpha value is -2.30. The smallest absolute Gasteiger partial charge is 0.404 e. The Morgan fingerprint density at radius 1 is 1.39 bits per heavy atom. The fourth-order valence-electron chi connectivity index (χ4n) is 1.67. The molecule has 94 valence electrons. The number of hydrogen-bond donors (Lipinski definition) is 2. The molecule has 5 heteroatoms. The third kappa shape index (κ3) is 2.88. The standard InChI is InChI=1S/C13H15N3O2/c1-10(9-14-13(17)18)16-8-7-12(15-16)11-5-3-2-4-6-11/h2-8,10,14H,9H2,1H3,(H,17,18)/t10-/m1/s1. The Kier molecular flexibility index (Phi) is 3.62. The third-order valence-corrected chi connectivity index (χ3v) is 2.68. The summed E-state index contributed by atoms with van der Waals surface area (Å²) in [5, 5.41) is 15.3. The molecule has 5 nitrogen and oxygen atoms in total. The number of carbonyl (C=O) groups is 1. The number of carboxylic acid groups (broad SMARTS) is 1. The highest BCUT2D eigenvalue weighted by Gasteiger charge is 2.08. The molecule has 1 heterocycles. The molecule has 0 aliphatic carbocycles. The van der Waals surface area contributed by atoms with E-state index in [-0.39, 0.29) is 6.04 Å². The number of nitrogens with one attached hydrogen (secondary N) is 1. The van der Waals surface area contributed by atoms with E-state index in [2.05, 4.69) is 10.4 Å². The van der Waals surface area contributed by atoms with Gasteiger partial charge in [0.2, 0.25) is 0 Å². The van der Waals surface area contributed by atoms with Gasteiger partial charge < -0.3 is 10.4 Å². The van der Waals surface area contributed by atoms with Crippen molar-refractivity contribution in [1.29, 1.82) is 0 Å². The maximum absolute atomic E-state index is 10.4. The lowest BCUT2D eigenvalue weighted by molar-refractivity contribution is 0.192. The van der Waals surface area contributed by atoms with Crippen molar-refractivity contribution in [2.75, 3.05) is 6.54 Å². The van der Waals surface area contributed by atoms with Crippen LogP contribution in [0.15, 0.2) is 42.6 Å². The van der Waals surface area contributed by atoms with Crippen LogP contribution in [-0.2, 0) is 0 Å². The van der Waals surface area contributed by atoms with Gasteiger partial charge in [-0.15, -0.1) is 0 Å². The average molecular weight is 245 g/mol. The van der Waals surface area contributed by atoms with Crippen LogP contribution in [0, 0.1) is 0 Å². The predicted octanol–water partition coefficient (Wildman–Crippen LogP) is 2.38. The van der Waals surface area contributed by atoms with Crippen molar-refractivity contribution in [3.8, 4) is 11.3 Å². The van der Waals surface area contributed by atoms with Gasteiger partial charge in [0, 0.05) is 18.3 Å². The highest BCUT2D eigenvalue weighted by atomic mass is 16.4. The molecular weight excluding hydrogens is 230 g/mol. The van der Waals surface area contributed by atoms with Gasteiger partial charge in [-0.1, -0.05) is 30.3 Å². The van der Waals surface area contributed by atoms with Crippen LogP contribution in [-0.4, -0.2) is 27.5 Å². The third-order valence-electron chi connectivity index (χ3n) is 2.68. The highest BCUT2D eigenvalue weighted by Crippen LogP contribution is 2.17. The van der Waals surface area contributed by atoms with Gasteiger partial charge >= 0.3 is 6.09 Å². The molecular formula is C13H15N3O2. The van der Waals surface area contributed by atoms with Gasteiger partial charge in [0.15, 0.2) is 0 Å². The molecule has 1 amide bonds. The maximum Gasteiger partial charge on any atom is 0.404 e. The Morgan fingerprint density at radius 2 is 2.11 bits per heavy atom. The zero-order valence-electron chi connectivity index (χ0n) is 10.1. The fraction of sp³-hybridized carbons (Fsp3) is 0.231. The molecule has 0 saturated carbocycles. The lowest BCUT2D eigenvalue weighted by atomic mass is 10.2. The SMILES string of the molecule is C[C@H](CNC(=O)O)n1ccc(-c2ccccc2)n1. The number of aromatic nitrogens is 2. The van der Waals surface area contributed by atoms with Gasteiger partial charge in [0.1, 0.15) is 0 Å². The predicted molar refractivity (Wildman–Crippen MR) is 68.4 cm³/mol. The van der Waals surface area contributed by atoms with Crippen molar-refractivity contribution < 1.29 is 9.90 Å². The molecule has 0 fully saturated rings. The second-order valence-corrected chi connectivity index (χ2v) is 4.08. The van der Waals surface area contributed by atoms with Crippen LogP contribution in [0.25, 0.3) is 11.3 Å². The van der Waals surface area contributed by atoms with Crippen molar-refractivity contribution in [2.24, 2.45) is 0 Å². The first kappa shape index (κ1) is 12.2. The molecule has 0 radical (unpaired) electrons. The number of nitrogens with zero attached hydrogens (tertiary/aromatic N) is 2. The van der Waals surface area contributed by atoms with Gasteiger partial charge in [0.25, 0.3) is 0 Å². The summed E-state index contributed by atoms with van der Waals surface area (Å²) in [4.78, 5) is 10.4. The molecule has 0 aliphatic rings. The molecule has 2 rings (SSSR count). The molecule has 18 heavy (non-hydrogen) atoms. The van der Waals surface area contributed by atoms with Crippen molar-refractivity contribution in [1.82, 2.24) is 15.1 Å². The summed E-state index contributed by atoms with van der Waals surface area (Å²) < 4.78 is 1.76. The van der Waals surface area contributed by atoms with Gasteiger partial charge in [-0.25, -0.2) is 4.79 Å². The van der Waals surface area contributed by atoms with E-state index in [1.54, 1.807) is 4.68 Å². The molecule has 0 saturated heterocycles. The van der Waals surface area contributed by atoms with Crippen molar-refractivity contribution in [3.63, 3.8) is 0 Å². The summed E-state index contributed by atoms with van der Waals surface area (Å²) in [6.07, 6.45) is 0.841. The minimum atomic E-state index is -1.02. The summed E-state index contributed by atoms with van der Waals surface area (Å²) >= 11 is 0. The number of hydrogen-bond acceptors (Lipinski definition) is 2. The molecule has 0 spiro atoms. The van der Waals surface area contributed by atoms with E-state index in [0.717, 1.165) is 11.3 Å². The van der Waals surface area contributed by atoms with Gasteiger partial charge in [-0.3, -0.25) is 4.68 Å². The van der Waals surface area contributed by atoms with Crippen molar-refractivity contribution in [2.45, 2.75) is 13.0 Å². The van der Waals surface area contributed by atoms with Gasteiger partial charge in [-0.2, -0.15) is 5.10 Å². The molecule has 2 aromatic rings. The van der Waals surface area contributed by atoms with E-state index in [1.807, 2.05) is 49.5 Å². The van der Waals surface area contributed by atoms with Crippen LogP contribution in [0.2, 0.25) is 0 Å². The van der Waals surface area contributed by atoms with Crippen molar-refractivity contribution >= 4 is 6.09 Å². The van der Waals surface area contributed by atoms with Crippen molar-refractivity contribution in [3.05, 3.63) is 42.6 Å². The largest absolute Gasteiger partial charge is 0.465 e. The topological polar surface area (TPSA) is 67.2 Å². The monoisotopic (exact) mass is 245 g/mol. The van der Waals surface area contributed by atoms with E-state index < -0.39 is 6.09 Å². The normalized spacial score (nSPS) is 12.1. The molecule has 0 unspecified atom stereocenters. The van der Waals surface area contributed by atoms with Crippen LogP contribution in [0.1, 0.15) is 13.0 Å². The zero-order chi connectivity index (χ0) is 13.0. The fourth-order valence-corrected chi connectivity index (χ4v) is 1.67. The zero-order valence-corrected chi connectivity index (χ0v) is 10.1. The first-order valence-electron chi connectivity index (χ1n) is 5.74. The van der Waals surface area contributed by atoms with Gasteiger partial charge in [-0.05, 0) is 13.0 Å². The quantitative estimate of drug-likeness (QED) is 0.869. The van der Waals surface area contributed by atoms with Crippen LogP contribution < -0.4 is 5.32 Å². The Labute approximate surface area is 105 Å². The summed E-state index contributed by atoms with van der Waals surface area (Å²) in [5.74, 6) is 0. The van der Waals surface area contributed by atoms with Crippen LogP contribution in [0.4, 0.5) is 4.79 Å². The number of benzene rings is 1. The van der Waals surface area contributed by atoms with Crippen LogP contribution >= 0.6 is 0 Å². The first-order chi connectivity index (χ1) is 8.66. The Balaban J connectivity index is 2.08. The Morgan fingerprint density at radius 3 is 2.78 bits per heavy atom. The number of amides is 1. The molecule has 1 aromatic heterocycles. The van der Waals surface area contributed by atoms with E-state index in [0.29, 0.717) is 6.54 Å². The molecule has 0 bridgehead atoms. The molecule has 1 atom stereocenters. The average Bonchev–Trinajstić information content (AvgIpc) is 2.86. The minimum absolute atomic E-state index is 0.0152. The van der Waals surface area contributed by atoms with E-state index in [1.165, 1.54) is 0 Å². The van der Waals surface area contributed by atoms with Gasteiger partial charge in [0.05, 0.1) is 11.7 Å². The van der Waals surface area contributed by atoms with Crippen LogP contribution in [0.5, 0.6) is 0 Å². The summed E-state index contributed by atoms with van der Waals surface area (Å²) in [6.45, 7) is 2.25. The lowest BCUT2D eigenvalue weighted by Gasteiger charge is -2.11. The summed E-state index contributed by atoms with van der Waals surface area (Å²) in [6, 6.07) is 11.8. The summed E-state index contributed by atoms with van der Waals surface area (Å²) in [5.41, 5.74) is 1.94. The Bertz CT molecular complexity index is 522. The highest BCUT2D eigenvalue weighted by molar-refractivity contribution is 5.64. The second-order valence-electron chi connectivity index (χ2n) is 4.08. The molecule has 1 aromatic carbocycles. The maximum atomic E-state index is 10.4. The van der Waals surface area contributed by atoms with Crippen LogP contribution in [0.3, 0.4) is 0 Å².